The largest absolute Gasteiger partial charge is 0.419 e. The normalized spacial score (nSPS) is 19.2. The fraction of sp³-hybridized carbons (Fsp3) is 0.385. The summed E-state index contributed by atoms with van der Waals surface area (Å²) in [5, 5.41) is 8.99. The first-order chi connectivity index (χ1) is 9.84. The van der Waals surface area contributed by atoms with E-state index in [2.05, 4.69) is 0 Å². The molecule has 1 amide bonds. The van der Waals surface area contributed by atoms with Crippen LogP contribution >= 0.6 is 11.8 Å². The summed E-state index contributed by atoms with van der Waals surface area (Å²) < 4.78 is 51.2. The molecule has 1 aliphatic rings. The van der Waals surface area contributed by atoms with Crippen LogP contribution in [-0.4, -0.2) is 34.9 Å². The molecule has 0 N–H and O–H groups in total. The SMILES string of the molecule is N#C[C@H]1CSCCN1C(=O)c1ccc(F)c(C(F)(F)F)c1. The lowest BCUT2D eigenvalue weighted by Crippen LogP contribution is -2.45. The van der Waals surface area contributed by atoms with Gasteiger partial charge in [0.1, 0.15) is 11.9 Å². The predicted octanol–water partition coefficient (Wildman–Crippen LogP) is 2.93. The van der Waals surface area contributed by atoms with Crippen LogP contribution in [0.25, 0.3) is 0 Å². The smallest absolute Gasteiger partial charge is 0.321 e. The van der Waals surface area contributed by atoms with Crippen molar-refractivity contribution in [2.45, 2.75) is 12.2 Å². The van der Waals surface area contributed by atoms with Crippen LogP contribution in [0.4, 0.5) is 17.6 Å². The first-order valence-corrected chi connectivity index (χ1v) is 7.15. The average molecular weight is 318 g/mol. The lowest BCUT2D eigenvalue weighted by molar-refractivity contribution is -0.140. The highest BCUT2D eigenvalue weighted by Crippen LogP contribution is 2.32. The highest BCUT2D eigenvalue weighted by molar-refractivity contribution is 7.99. The van der Waals surface area contributed by atoms with Crippen molar-refractivity contribution in [1.82, 2.24) is 4.90 Å². The van der Waals surface area contributed by atoms with Gasteiger partial charge in [0.25, 0.3) is 5.91 Å². The maximum Gasteiger partial charge on any atom is 0.419 e. The van der Waals surface area contributed by atoms with Crippen LogP contribution in [0, 0.1) is 17.1 Å². The monoisotopic (exact) mass is 318 g/mol. The Hall–Kier alpha value is -1.75. The molecule has 1 heterocycles. The van der Waals surface area contributed by atoms with E-state index in [1.165, 1.54) is 16.7 Å². The second-order valence-electron chi connectivity index (χ2n) is 4.41. The summed E-state index contributed by atoms with van der Waals surface area (Å²) >= 11 is 1.50. The Morgan fingerprint density at radius 3 is 2.76 bits per heavy atom. The molecule has 1 fully saturated rings. The number of alkyl halides is 3. The zero-order chi connectivity index (χ0) is 15.6. The van der Waals surface area contributed by atoms with E-state index in [9.17, 15) is 22.4 Å². The van der Waals surface area contributed by atoms with Gasteiger partial charge in [0, 0.05) is 23.6 Å². The van der Waals surface area contributed by atoms with E-state index >= 15 is 0 Å². The van der Waals surface area contributed by atoms with Crippen molar-refractivity contribution < 1.29 is 22.4 Å². The third kappa shape index (κ3) is 3.29. The first-order valence-electron chi connectivity index (χ1n) is 5.99. The summed E-state index contributed by atoms with van der Waals surface area (Å²) in [6.07, 6.45) is -4.87. The molecule has 21 heavy (non-hydrogen) atoms. The second kappa shape index (κ2) is 5.93. The molecule has 1 saturated heterocycles. The molecule has 1 aromatic rings. The van der Waals surface area contributed by atoms with Gasteiger partial charge in [-0.15, -0.1) is 0 Å². The number of hydrogen-bond acceptors (Lipinski definition) is 3. The Kier molecular flexibility index (Phi) is 4.42. The van der Waals surface area contributed by atoms with Crippen LogP contribution in [0.5, 0.6) is 0 Å². The third-order valence-corrected chi connectivity index (χ3v) is 4.08. The Bertz CT molecular complexity index is 597. The zero-order valence-electron chi connectivity index (χ0n) is 10.7. The molecule has 0 spiro atoms. The average Bonchev–Trinajstić information content (AvgIpc) is 2.45. The molecule has 3 nitrogen and oxygen atoms in total. The van der Waals surface area contributed by atoms with Gasteiger partial charge in [-0.1, -0.05) is 0 Å². The maximum absolute atomic E-state index is 13.2. The summed E-state index contributed by atoms with van der Waals surface area (Å²) in [7, 11) is 0. The van der Waals surface area contributed by atoms with Gasteiger partial charge in [-0.25, -0.2) is 4.39 Å². The minimum absolute atomic E-state index is 0.268. The molecule has 8 heteroatoms. The summed E-state index contributed by atoms with van der Waals surface area (Å²) in [5.74, 6) is -1.09. The van der Waals surface area contributed by atoms with E-state index in [1.54, 1.807) is 0 Å². The lowest BCUT2D eigenvalue weighted by atomic mass is 10.1. The molecular weight excluding hydrogens is 308 g/mol. The lowest BCUT2D eigenvalue weighted by Gasteiger charge is -2.31. The third-order valence-electron chi connectivity index (χ3n) is 3.06. The number of hydrogen-bond donors (Lipinski definition) is 0. The van der Waals surface area contributed by atoms with Crippen molar-refractivity contribution >= 4 is 17.7 Å². The summed E-state index contributed by atoms with van der Waals surface area (Å²) in [6.45, 7) is 0.278. The highest BCUT2D eigenvalue weighted by atomic mass is 32.2. The van der Waals surface area contributed by atoms with Gasteiger partial charge < -0.3 is 4.90 Å². The number of halogens is 4. The van der Waals surface area contributed by atoms with Crippen molar-refractivity contribution in [1.29, 1.82) is 5.26 Å². The van der Waals surface area contributed by atoms with Crippen LogP contribution in [0.15, 0.2) is 18.2 Å². The molecule has 1 aliphatic heterocycles. The Balaban J connectivity index is 2.34. The maximum atomic E-state index is 13.2. The minimum atomic E-state index is -4.87. The van der Waals surface area contributed by atoms with Crippen LogP contribution in [0.2, 0.25) is 0 Å². The van der Waals surface area contributed by atoms with Gasteiger partial charge in [-0.05, 0) is 18.2 Å². The highest BCUT2D eigenvalue weighted by Gasteiger charge is 2.36. The quantitative estimate of drug-likeness (QED) is 0.748. The van der Waals surface area contributed by atoms with Gasteiger partial charge in [-0.2, -0.15) is 30.2 Å². The van der Waals surface area contributed by atoms with Crippen molar-refractivity contribution in [2.75, 3.05) is 18.1 Å². The molecule has 1 aromatic carbocycles. The van der Waals surface area contributed by atoms with Gasteiger partial charge >= 0.3 is 6.18 Å². The minimum Gasteiger partial charge on any atom is -0.321 e. The predicted molar refractivity (Wildman–Crippen MR) is 69.2 cm³/mol. The summed E-state index contributed by atoms with van der Waals surface area (Å²) in [6, 6.07) is 3.38. The van der Waals surface area contributed by atoms with E-state index in [0.29, 0.717) is 23.6 Å². The van der Waals surface area contributed by atoms with Crippen LogP contribution in [-0.2, 0) is 6.18 Å². The number of amides is 1. The zero-order valence-corrected chi connectivity index (χ0v) is 11.5. The molecular formula is C13H10F4N2OS. The Morgan fingerprint density at radius 1 is 1.43 bits per heavy atom. The number of carbonyl (C=O) groups excluding carboxylic acids is 1. The second-order valence-corrected chi connectivity index (χ2v) is 5.56. The van der Waals surface area contributed by atoms with Crippen molar-refractivity contribution in [3.05, 3.63) is 35.1 Å². The molecule has 0 radical (unpaired) electrons. The molecule has 2 rings (SSSR count). The number of carbonyl (C=O) groups is 1. The van der Waals surface area contributed by atoms with Gasteiger partial charge in [-0.3, -0.25) is 4.79 Å². The molecule has 112 valence electrons. The first kappa shape index (κ1) is 15.6. The van der Waals surface area contributed by atoms with E-state index in [0.717, 1.165) is 6.07 Å². The van der Waals surface area contributed by atoms with Gasteiger partial charge in [0.05, 0.1) is 11.6 Å². The van der Waals surface area contributed by atoms with Crippen molar-refractivity contribution in [3.63, 3.8) is 0 Å². The number of rotatable bonds is 1. The van der Waals surface area contributed by atoms with E-state index in [-0.39, 0.29) is 12.1 Å². The topological polar surface area (TPSA) is 44.1 Å². The molecule has 0 saturated carbocycles. The molecule has 0 aromatic heterocycles. The van der Waals surface area contributed by atoms with E-state index < -0.39 is 29.5 Å². The number of thioether (sulfide) groups is 1. The van der Waals surface area contributed by atoms with Crippen LogP contribution in [0.1, 0.15) is 15.9 Å². The molecule has 0 unspecified atom stereocenters. The molecule has 0 bridgehead atoms. The van der Waals surface area contributed by atoms with E-state index in [4.69, 9.17) is 5.26 Å². The fourth-order valence-corrected chi connectivity index (χ4v) is 2.97. The standard InChI is InChI=1S/C13H10F4N2OS/c14-11-2-1-8(5-10(11)13(15,16)17)12(20)19-3-4-21-7-9(19)6-18/h1-2,5,9H,3-4,7H2/t9-/m0/s1. The van der Waals surface area contributed by atoms with Crippen LogP contribution in [0.3, 0.4) is 0 Å². The molecule has 0 aliphatic carbocycles. The number of nitriles is 1. The summed E-state index contributed by atoms with van der Waals surface area (Å²) in [4.78, 5) is 13.5. The van der Waals surface area contributed by atoms with Crippen molar-refractivity contribution in [2.24, 2.45) is 0 Å². The fourth-order valence-electron chi connectivity index (χ4n) is 2.00. The Morgan fingerprint density at radius 2 is 2.14 bits per heavy atom. The number of nitrogens with zero attached hydrogens (tertiary/aromatic N) is 2. The van der Waals surface area contributed by atoms with Gasteiger partial charge in [0.2, 0.25) is 0 Å². The number of benzene rings is 1. The van der Waals surface area contributed by atoms with E-state index in [1.807, 2.05) is 6.07 Å². The van der Waals surface area contributed by atoms with Crippen molar-refractivity contribution in [3.8, 4) is 6.07 Å². The molecule has 1 atom stereocenters. The van der Waals surface area contributed by atoms with Gasteiger partial charge in [0.15, 0.2) is 0 Å². The Labute approximate surface area is 122 Å². The van der Waals surface area contributed by atoms with Crippen LogP contribution < -0.4 is 0 Å². The summed E-state index contributed by atoms with van der Waals surface area (Å²) in [5.41, 5.74) is -1.75.